The molecule has 0 amide bonds. The van der Waals surface area contributed by atoms with Crippen molar-refractivity contribution in [3.8, 4) is 0 Å². The van der Waals surface area contributed by atoms with Crippen molar-refractivity contribution in [2.45, 2.75) is 31.6 Å². The molecular formula is C15H15NO. The van der Waals surface area contributed by atoms with E-state index in [1.54, 1.807) is 6.20 Å². The third-order valence-corrected chi connectivity index (χ3v) is 3.61. The van der Waals surface area contributed by atoms with E-state index < -0.39 is 0 Å². The molecule has 86 valence electrons. The molecule has 2 aromatic rings. The predicted molar refractivity (Wildman–Crippen MR) is 68.0 cm³/mol. The van der Waals surface area contributed by atoms with Crippen molar-refractivity contribution in [2.75, 3.05) is 0 Å². The van der Waals surface area contributed by atoms with Gasteiger partial charge in [0.15, 0.2) is 0 Å². The Balaban J connectivity index is 2.13. The molecule has 1 aromatic heterocycles. The summed E-state index contributed by atoms with van der Waals surface area (Å²) in [6.45, 7) is 0. The normalized spacial score (nSPS) is 20.7. The van der Waals surface area contributed by atoms with E-state index in [0.29, 0.717) is 5.78 Å². The second-order valence-electron chi connectivity index (χ2n) is 4.68. The van der Waals surface area contributed by atoms with Crippen LogP contribution in [0.4, 0.5) is 0 Å². The zero-order valence-corrected chi connectivity index (χ0v) is 9.73. The molecule has 1 atom stereocenters. The Morgan fingerprint density at radius 3 is 2.94 bits per heavy atom. The minimum atomic E-state index is 0.0941. The quantitative estimate of drug-likeness (QED) is 0.744. The van der Waals surface area contributed by atoms with Crippen LogP contribution in [0.1, 0.15) is 37.2 Å². The van der Waals surface area contributed by atoms with E-state index >= 15 is 0 Å². The largest absolute Gasteiger partial charge is 0.299 e. The molecule has 3 rings (SSSR count). The predicted octanol–water partition coefficient (Wildman–Crippen LogP) is 3.46. The zero-order chi connectivity index (χ0) is 11.7. The van der Waals surface area contributed by atoms with Gasteiger partial charge in [-0.25, -0.2) is 0 Å². The molecule has 0 bridgehead atoms. The molecule has 0 N–H and O–H groups in total. The maximum atomic E-state index is 12.0. The Morgan fingerprint density at radius 1 is 1.12 bits per heavy atom. The zero-order valence-electron chi connectivity index (χ0n) is 9.73. The van der Waals surface area contributed by atoms with Crippen LogP contribution in [0.5, 0.6) is 0 Å². The first-order valence-electron chi connectivity index (χ1n) is 6.22. The highest BCUT2D eigenvalue weighted by atomic mass is 16.1. The summed E-state index contributed by atoms with van der Waals surface area (Å²) in [5.74, 6) is 0.490. The van der Waals surface area contributed by atoms with Crippen molar-refractivity contribution in [3.05, 3.63) is 42.1 Å². The van der Waals surface area contributed by atoms with Crippen LogP contribution in [-0.2, 0) is 4.79 Å². The van der Waals surface area contributed by atoms with Crippen molar-refractivity contribution in [1.82, 2.24) is 4.98 Å². The monoisotopic (exact) mass is 225 g/mol. The molecule has 17 heavy (non-hydrogen) atoms. The van der Waals surface area contributed by atoms with Gasteiger partial charge in [0.05, 0.1) is 5.52 Å². The van der Waals surface area contributed by atoms with Gasteiger partial charge in [-0.3, -0.25) is 9.78 Å². The number of carbonyl (C=O) groups excluding carboxylic acids is 1. The lowest BCUT2D eigenvalue weighted by molar-refractivity contribution is -0.121. The standard InChI is InChI=1S/C15H15NO/c17-15-9-2-1-5-13(15)11-6-3-8-14-12(11)7-4-10-16-14/h3-4,6-8,10,13H,1-2,5,9H2. The lowest BCUT2D eigenvalue weighted by Gasteiger charge is -2.21. The summed E-state index contributed by atoms with van der Waals surface area (Å²) in [6, 6.07) is 10.1. The van der Waals surface area contributed by atoms with Gasteiger partial charge in [-0.1, -0.05) is 24.6 Å². The average molecular weight is 225 g/mol. The summed E-state index contributed by atoms with van der Waals surface area (Å²) in [7, 11) is 0. The number of nitrogens with zero attached hydrogens (tertiary/aromatic N) is 1. The molecule has 1 aromatic carbocycles. The Kier molecular flexibility index (Phi) is 2.63. The Hall–Kier alpha value is -1.70. The maximum absolute atomic E-state index is 12.0. The van der Waals surface area contributed by atoms with Gasteiger partial charge in [0.2, 0.25) is 0 Å². The Bertz CT molecular complexity index is 556. The average Bonchev–Trinajstić information content (AvgIpc) is 2.39. The van der Waals surface area contributed by atoms with Crippen molar-refractivity contribution in [1.29, 1.82) is 0 Å². The summed E-state index contributed by atoms with van der Waals surface area (Å²) in [5, 5.41) is 1.13. The number of hydrogen-bond acceptors (Lipinski definition) is 2. The number of fused-ring (bicyclic) bond motifs is 1. The first kappa shape index (κ1) is 10.5. The van der Waals surface area contributed by atoms with E-state index in [1.807, 2.05) is 18.2 Å². The second-order valence-corrected chi connectivity index (χ2v) is 4.68. The fraction of sp³-hybridized carbons (Fsp3) is 0.333. The topological polar surface area (TPSA) is 30.0 Å². The molecule has 0 spiro atoms. The summed E-state index contributed by atoms with van der Waals surface area (Å²) in [4.78, 5) is 16.4. The lowest BCUT2D eigenvalue weighted by Crippen LogP contribution is -2.17. The number of carbonyl (C=O) groups is 1. The van der Waals surface area contributed by atoms with Crippen LogP contribution in [-0.4, -0.2) is 10.8 Å². The fourth-order valence-corrected chi connectivity index (χ4v) is 2.74. The minimum absolute atomic E-state index is 0.0941. The van der Waals surface area contributed by atoms with Gasteiger partial charge in [-0.05, 0) is 30.5 Å². The van der Waals surface area contributed by atoms with Crippen LogP contribution in [0.25, 0.3) is 10.9 Å². The van der Waals surface area contributed by atoms with Gasteiger partial charge in [-0.2, -0.15) is 0 Å². The summed E-state index contributed by atoms with van der Waals surface area (Å²) >= 11 is 0. The number of benzene rings is 1. The van der Waals surface area contributed by atoms with Crippen LogP contribution in [0, 0.1) is 0 Å². The summed E-state index contributed by atoms with van der Waals surface area (Å²) in [6.07, 6.45) is 5.74. The maximum Gasteiger partial charge on any atom is 0.140 e. The molecule has 0 saturated heterocycles. The van der Waals surface area contributed by atoms with E-state index in [4.69, 9.17) is 0 Å². The smallest absolute Gasteiger partial charge is 0.140 e. The Labute approximate surface area is 101 Å². The van der Waals surface area contributed by atoms with Gasteiger partial charge in [0.1, 0.15) is 5.78 Å². The SMILES string of the molecule is O=C1CCCCC1c1cccc2ncccc12. The third kappa shape index (κ3) is 1.84. The third-order valence-electron chi connectivity index (χ3n) is 3.61. The van der Waals surface area contributed by atoms with Crippen LogP contribution in [0.2, 0.25) is 0 Å². The van der Waals surface area contributed by atoms with Gasteiger partial charge in [-0.15, -0.1) is 0 Å². The molecule has 2 nitrogen and oxygen atoms in total. The number of ketones is 1. The van der Waals surface area contributed by atoms with Crippen LogP contribution < -0.4 is 0 Å². The fourth-order valence-electron chi connectivity index (χ4n) is 2.74. The minimum Gasteiger partial charge on any atom is -0.299 e. The van der Waals surface area contributed by atoms with Crippen LogP contribution in [0.15, 0.2) is 36.5 Å². The van der Waals surface area contributed by atoms with Crippen molar-refractivity contribution >= 4 is 16.7 Å². The molecule has 1 saturated carbocycles. The van der Waals surface area contributed by atoms with Gasteiger partial charge >= 0.3 is 0 Å². The Morgan fingerprint density at radius 2 is 2.06 bits per heavy atom. The first-order chi connectivity index (χ1) is 8.36. The van der Waals surface area contributed by atoms with Crippen LogP contribution >= 0.6 is 0 Å². The van der Waals surface area contributed by atoms with Crippen molar-refractivity contribution in [2.24, 2.45) is 0 Å². The molecular weight excluding hydrogens is 210 g/mol. The molecule has 1 heterocycles. The lowest BCUT2D eigenvalue weighted by atomic mass is 9.81. The van der Waals surface area contributed by atoms with Crippen LogP contribution in [0.3, 0.4) is 0 Å². The highest BCUT2D eigenvalue weighted by molar-refractivity contribution is 5.92. The number of rotatable bonds is 1. The summed E-state index contributed by atoms with van der Waals surface area (Å²) < 4.78 is 0. The van der Waals surface area contributed by atoms with E-state index in [2.05, 4.69) is 17.1 Å². The molecule has 1 fully saturated rings. The second kappa shape index (κ2) is 4.28. The molecule has 1 aliphatic carbocycles. The van der Waals surface area contributed by atoms with E-state index in [1.165, 1.54) is 5.56 Å². The molecule has 0 radical (unpaired) electrons. The van der Waals surface area contributed by atoms with Crippen molar-refractivity contribution in [3.63, 3.8) is 0 Å². The van der Waals surface area contributed by atoms with Gasteiger partial charge in [0, 0.05) is 23.9 Å². The van der Waals surface area contributed by atoms with E-state index in [9.17, 15) is 4.79 Å². The van der Waals surface area contributed by atoms with E-state index in [0.717, 1.165) is 36.6 Å². The first-order valence-corrected chi connectivity index (χ1v) is 6.22. The highest BCUT2D eigenvalue weighted by Gasteiger charge is 2.25. The van der Waals surface area contributed by atoms with E-state index in [-0.39, 0.29) is 5.92 Å². The van der Waals surface area contributed by atoms with Crippen molar-refractivity contribution < 1.29 is 4.79 Å². The molecule has 2 heteroatoms. The van der Waals surface area contributed by atoms with Gasteiger partial charge < -0.3 is 0 Å². The molecule has 1 unspecified atom stereocenters. The molecule has 0 aliphatic heterocycles. The highest BCUT2D eigenvalue weighted by Crippen LogP contribution is 2.33. The number of Topliss-reactive ketones (excluding diaryl/α,β-unsaturated/α-hetero) is 1. The number of pyridine rings is 1. The molecule has 1 aliphatic rings. The number of hydrogen-bond donors (Lipinski definition) is 0. The summed E-state index contributed by atoms with van der Waals surface area (Å²) in [5.41, 5.74) is 2.16. The van der Waals surface area contributed by atoms with Gasteiger partial charge in [0.25, 0.3) is 0 Å². The number of aromatic nitrogens is 1.